The molecule has 0 aliphatic carbocycles. The molecule has 3 rings (SSSR count). The van der Waals surface area contributed by atoms with Crippen LogP contribution in [0, 0.1) is 13.8 Å². The number of aryl methyl sites for hydroxylation is 2. The number of esters is 2. The van der Waals surface area contributed by atoms with Gasteiger partial charge in [0.15, 0.2) is 0 Å². The molecule has 34 heavy (non-hydrogen) atoms. The number of benzene rings is 3. The third kappa shape index (κ3) is 5.86. The molecule has 0 aromatic heterocycles. The molecule has 0 saturated carbocycles. The van der Waals surface area contributed by atoms with Crippen LogP contribution in [-0.4, -0.2) is 34.1 Å². The van der Waals surface area contributed by atoms with E-state index in [4.69, 9.17) is 9.47 Å². The van der Waals surface area contributed by atoms with Gasteiger partial charge in [0.25, 0.3) is 0 Å². The summed E-state index contributed by atoms with van der Waals surface area (Å²) in [6.45, 7) is 3.52. The zero-order valence-corrected chi connectivity index (χ0v) is 18.5. The first-order chi connectivity index (χ1) is 16.2. The SMILES string of the molecule is Cc1ccc(COC(=O)c2cc(C(=O)O)c(C(=O)OCc3ccc(C)cc3)cc2C(=O)O)cc1. The number of ether oxygens (including phenoxy) is 2. The predicted octanol–water partition coefficient (Wildman–Crippen LogP) is 4.41. The molecule has 0 spiro atoms. The van der Waals surface area contributed by atoms with Crippen LogP contribution >= 0.6 is 0 Å². The third-order valence-corrected chi connectivity index (χ3v) is 5.04. The molecule has 3 aromatic carbocycles. The maximum absolute atomic E-state index is 12.6. The van der Waals surface area contributed by atoms with Gasteiger partial charge < -0.3 is 19.7 Å². The largest absolute Gasteiger partial charge is 0.478 e. The first-order valence-electron chi connectivity index (χ1n) is 10.3. The molecule has 0 aliphatic rings. The predicted molar refractivity (Wildman–Crippen MR) is 121 cm³/mol. The van der Waals surface area contributed by atoms with Crippen molar-refractivity contribution >= 4 is 23.9 Å². The Hall–Kier alpha value is -4.46. The summed E-state index contributed by atoms with van der Waals surface area (Å²) < 4.78 is 10.4. The lowest BCUT2D eigenvalue weighted by molar-refractivity contribution is 0.0449. The molecule has 0 fully saturated rings. The molecule has 0 aliphatic heterocycles. The summed E-state index contributed by atoms with van der Waals surface area (Å²) in [5, 5.41) is 19.2. The van der Waals surface area contributed by atoms with E-state index in [0.717, 1.165) is 23.3 Å². The Morgan fingerprint density at radius 1 is 0.588 bits per heavy atom. The van der Waals surface area contributed by atoms with Crippen molar-refractivity contribution in [2.45, 2.75) is 27.1 Å². The van der Waals surface area contributed by atoms with Crippen molar-refractivity contribution in [1.29, 1.82) is 0 Å². The average Bonchev–Trinajstić information content (AvgIpc) is 2.82. The van der Waals surface area contributed by atoms with E-state index in [-0.39, 0.29) is 13.2 Å². The molecule has 0 unspecified atom stereocenters. The van der Waals surface area contributed by atoms with Crippen molar-refractivity contribution in [3.8, 4) is 0 Å². The molecule has 3 aromatic rings. The highest BCUT2D eigenvalue weighted by molar-refractivity contribution is 6.09. The number of hydrogen-bond donors (Lipinski definition) is 2. The molecule has 0 heterocycles. The number of rotatable bonds is 8. The summed E-state index contributed by atoms with van der Waals surface area (Å²) in [6, 6.07) is 15.9. The van der Waals surface area contributed by atoms with Crippen LogP contribution in [-0.2, 0) is 22.7 Å². The van der Waals surface area contributed by atoms with Crippen LogP contribution in [0.4, 0.5) is 0 Å². The molecule has 0 radical (unpaired) electrons. The minimum atomic E-state index is -1.52. The standard InChI is InChI=1S/C26H22O8/c1-15-3-7-17(8-4-15)13-33-25(31)21-11-20(24(29)30)22(12-19(21)23(27)28)26(32)34-14-18-9-5-16(2)6-10-18/h3-12H,13-14H2,1-2H3,(H,27,28)(H,29,30). The highest BCUT2D eigenvalue weighted by atomic mass is 16.5. The van der Waals surface area contributed by atoms with Gasteiger partial charge in [0.1, 0.15) is 13.2 Å². The fourth-order valence-electron chi connectivity index (χ4n) is 3.11. The molecule has 2 N–H and O–H groups in total. The van der Waals surface area contributed by atoms with Crippen molar-refractivity contribution in [3.63, 3.8) is 0 Å². The summed E-state index contributed by atoms with van der Waals surface area (Å²) in [7, 11) is 0. The monoisotopic (exact) mass is 462 g/mol. The summed E-state index contributed by atoms with van der Waals surface area (Å²) in [4.78, 5) is 48.8. The maximum atomic E-state index is 12.6. The van der Waals surface area contributed by atoms with E-state index in [0.29, 0.717) is 11.1 Å². The van der Waals surface area contributed by atoms with Gasteiger partial charge in [0.2, 0.25) is 0 Å². The van der Waals surface area contributed by atoms with E-state index < -0.39 is 46.1 Å². The fraction of sp³-hybridized carbons (Fsp3) is 0.154. The van der Waals surface area contributed by atoms with Crippen molar-refractivity contribution in [2.75, 3.05) is 0 Å². The maximum Gasteiger partial charge on any atom is 0.339 e. The van der Waals surface area contributed by atoms with E-state index in [1.165, 1.54) is 0 Å². The van der Waals surface area contributed by atoms with Crippen LogP contribution in [0.5, 0.6) is 0 Å². The van der Waals surface area contributed by atoms with Gasteiger partial charge >= 0.3 is 23.9 Å². The number of aromatic carboxylic acids is 2. The topological polar surface area (TPSA) is 127 Å². The lowest BCUT2D eigenvalue weighted by Gasteiger charge is -2.12. The Bertz CT molecular complexity index is 1140. The fourth-order valence-corrected chi connectivity index (χ4v) is 3.11. The van der Waals surface area contributed by atoms with Crippen molar-refractivity contribution < 1.29 is 38.9 Å². The van der Waals surface area contributed by atoms with Gasteiger partial charge in [0, 0.05) is 0 Å². The number of carbonyl (C=O) groups is 4. The first-order valence-corrected chi connectivity index (χ1v) is 10.3. The van der Waals surface area contributed by atoms with Crippen LogP contribution in [0.3, 0.4) is 0 Å². The summed E-state index contributed by atoms with van der Waals surface area (Å²) in [6.07, 6.45) is 0. The van der Waals surface area contributed by atoms with Gasteiger partial charge in [-0.25, -0.2) is 19.2 Å². The van der Waals surface area contributed by atoms with E-state index in [1.807, 2.05) is 38.1 Å². The number of carboxylic acid groups (broad SMARTS) is 2. The van der Waals surface area contributed by atoms with Crippen LogP contribution < -0.4 is 0 Å². The minimum absolute atomic E-state index is 0.138. The zero-order valence-electron chi connectivity index (χ0n) is 18.5. The second-order valence-electron chi connectivity index (χ2n) is 7.68. The summed E-state index contributed by atoms with van der Waals surface area (Å²) >= 11 is 0. The average molecular weight is 462 g/mol. The first kappa shape index (κ1) is 24.2. The number of carbonyl (C=O) groups excluding carboxylic acids is 2. The highest BCUT2D eigenvalue weighted by Gasteiger charge is 2.27. The van der Waals surface area contributed by atoms with Crippen molar-refractivity contribution in [1.82, 2.24) is 0 Å². The van der Waals surface area contributed by atoms with E-state index in [1.54, 1.807) is 24.3 Å². The quantitative estimate of drug-likeness (QED) is 0.471. The van der Waals surface area contributed by atoms with Crippen LogP contribution in [0.1, 0.15) is 63.7 Å². The lowest BCUT2D eigenvalue weighted by Crippen LogP contribution is -2.18. The molecule has 0 bridgehead atoms. The highest BCUT2D eigenvalue weighted by Crippen LogP contribution is 2.21. The normalized spacial score (nSPS) is 10.4. The Labute approximate surface area is 195 Å². The van der Waals surface area contributed by atoms with Crippen LogP contribution in [0.25, 0.3) is 0 Å². The van der Waals surface area contributed by atoms with Gasteiger partial charge in [-0.05, 0) is 37.1 Å². The Balaban J connectivity index is 1.87. The summed E-state index contributed by atoms with van der Waals surface area (Å²) in [5.41, 5.74) is 1.27. The number of carboxylic acids is 2. The van der Waals surface area contributed by atoms with Gasteiger partial charge in [0.05, 0.1) is 22.3 Å². The molecule has 0 saturated heterocycles. The minimum Gasteiger partial charge on any atom is -0.478 e. The molecular weight excluding hydrogens is 440 g/mol. The zero-order chi connectivity index (χ0) is 24.8. The number of hydrogen-bond acceptors (Lipinski definition) is 6. The van der Waals surface area contributed by atoms with E-state index in [9.17, 15) is 29.4 Å². The van der Waals surface area contributed by atoms with Crippen LogP contribution in [0.15, 0.2) is 60.7 Å². The molecular formula is C26H22O8. The molecule has 8 heteroatoms. The third-order valence-electron chi connectivity index (χ3n) is 5.04. The Morgan fingerprint density at radius 2 is 0.912 bits per heavy atom. The Morgan fingerprint density at radius 3 is 1.21 bits per heavy atom. The lowest BCUT2D eigenvalue weighted by atomic mass is 9.98. The molecule has 0 amide bonds. The molecule has 0 atom stereocenters. The molecule has 8 nitrogen and oxygen atoms in total. The Kier molecular flexibility index (Phi) is 7.43. The van der Waals surface area contributed by atoms with Gasteiger partial charge in [-0.1, -0.05) is 59.7 Å². The second kappa shape index (κ2) is 10.4. The van der Waals surface area contributed by atoms with Gasteiger partial charge in [-0.15, -0.1) is 0 Å². The van der Waals surface area contributed by atoms with Crippen LogP contribution in [0.2, 0.25) is 0 Å². The van der Waals surface area contributed by atoms with E-state index in [2.05, 4.69) is 0 Å². The van der Waals surface area contributed by atoms with Gasteiger partial charge in [-0.2, -0.15) is 0 Å². The molecule has 174 valence electrons. The smallest absolute Gasteiger partial charge is 0.339 e. The van der Waals surface area contributed by atoms with Crippen molar-refractivity contribution in [3.05, 3.63) is 105 Å². The summed E-state index contributed by atoms with van der Waals surface area (Å²) in [5.74, 6) is -5.10. The van der Waals surface area contributed by atoms with Crippen molar-refractivity contribution in [2.24, 2.45) is 0 Å². The van der Waals surface area contributed by atoms with Gasteiger partial charge in [-0.3, -0.25) is 0 Å². The van der Waals surface area contributed by atoms with E-state index >= 15 is 0 Å². The second-order valence-corrected chi connectivity index (χ2v) is 7.68.